The zero-order chi connectivity index (χ0) is 19.1. The fourth-order valence-electron chi connectivity index (χ4n) is 3.87. The third-order valence-corrected chi connectivity index (χ3v) is 5.52. The number of carbonyl (C=O) groups is 1. The molecule has 1 aliphatic rings. The summed E-state index contributed by atoms with van der Waals surface area (Å²) in [5.74, 6) is 1.38. The molecule has 0 bridgehead atoms. The molecule has 0 spiro atoms. The van der Waals surface area contributed by atoms with Gasteiger partial charge in [-0.25, -0.2) is 9.89 Å². The number of methoxy groups -OCH3 is 1. The number of benzene rings is 1. The standard InChI is InChI=1S/C19H23N5O3/c1-11-17(14-10-13(27-3)5-6-15(14)23(11)2)18(25)20-12-4-7-16-21-22-19(26)24(16)9-8-12/h5-6,10,12H,4,7-9H2,1-3H3,(H,20,25)(H,22,26). The topological polar surface area (TPSA) is 93.9 Å². The minimum absolute atomic E-state index is 0.00105. The van der Waals surface area contributed by atoms with Crippen LogP contribution < -0.4 is 15.7 Å². The molecule has 1 atom stereocenters. The molecule has 1 aliphatic heterocycles. The van der Waals surface area contributed by atoms with E-state index in [0.717, 1.165) is 34.6 Å². The monoisotopic (exact) mass is 369 g/mol. The molecule has 3 heterocycles. The lowest BCUT2D eigenvalue weighted by molar-refractivity contribution is 0.0933. The molecule has 8 heteroatoms. The molecule has 3 aromatic rings. The van der Waals surface area contributed by atoms with E-state index in [1.807, 2.05) is 36.7 Å². The highest BCUT2D eigenvalue weighted by molar-refractivity contribution is 6.08. The van der Waals surface area contributed by atoms with E-state index in [0.29, 0.717) is 24.9 Å². The van der Waals surface area contributed by atoms with Gasteiger partial charge >= 0.3 is 5.69 Å². The van der Waals surface area contributed by atoms with Gasteiger partial charge in [-0.2, -0.15) is 5.10 Å². The second-order valence-corrected chi connectivity index (χ2v) is 7.00. The van der Waals surface area contributed by atoms with Crippen LogP contribution in [0.4, 0.5) is 0 Å². The highest BCUT2D eigenvalue weighted by atomic mass is 16.5. The van der Waals surface area contributed by atoms with Crippen molar-refractivity contribution in [3.8, 4) is 5.75 Å². The maximum Gasteiger partial charge on any atom is 0.343 e. The van der Waals surface area contributed by atoms with E-state index in [1.54, 1.807) is 11.7 Å². The van der Waals surface area contributed by atoms with Gasteiger partial charge in [-0.3, -0.25) is 9.36 Å². The molecule has 2 aromatic heterocycles. The summed E-state index contributed by atoms with van der Waals surface area (Å²) in [5.41, 5.74) is 2.39. The molecule has 142 valence electrons. The summed E-state index contributed by atoms with van der Waals surface area (Å²) in [5, 5.41) is 10.6. The van der Waals surface area contributed by atoms with Crippen LogP contribution in [-0.2, 0) is 20.0 Å². The van der Waals surface area contributed by atoms with Gasteiger partial charge in [-0.1, -0.05) is 0 Å². The summed E-state index contributed by atoms with van der Waals surface area (Å²) in [4.78, 5) is 24.9. The number of nitrogens with one attached hydrogen (secondary N) is 2. The van der Waals surface area contributed by atoms with Gasteiger partial charge in [0.15, 0.2) is 0 Å². The Hall–Kier alpha value is -3.03. The van der Waals surface area contributed by atoms with Gasteiger partial charge in [0.2, 0.25) is 0 Å². The molecule has 27 heavy (non-hydrogen) atoms. The number of amides is 1. The molecule has 1 amide bonds. The third-order valence-electron chi connectivity index (χ3n) is 5.52. The van der Waals surface area contributed by atoms with Crippen molar-refractivity contribution in [1.29, 1.82) is 0 Å². The molecular formula is C19H23N5O3. The second-order valence-electron chi connectivity index (χ2n) is 7.00. The van der Waals surface area contributed by atoms with Crippen molar-refractivity contribution in [2.75, 3.05) is 7.11 Å². The van der Waals surface area contributed by atoms with Gasteiger partial charge in [-0.05, 0) is 38.0 Å². The van der Waals surface area contributed by atoms with Gasteiger partial charge in [0.1, 0.15) is 11.6 Å². The lowest BCUT2D eigenvalue weighted by Crippen LogP contribution is -2.35. The fraction of sp³-hybridized carbons (Fsp3) is 0.421. The van der Waals surface area contributed by atoms with Crippen molar-refractivity contribution in [3.63, 3.8) is 0 Å². The number of ether oxygens (including phenoxy) is 1. The molecule has 2 N–H and O–H groups in total. The number of fused-ring (bicyclic) bond motifs is 2. The Balaban J connectivity index is 1.60. The third kappa shape index (κ3) is 2.90. The molecule has 0 saturated heterocycles. The predicted octanol–water partition coefficient (Wildman–Crippen LogP) is 1.52. The summed E-state index contributed by atoms with van der Waals surface area (Å²) < 4.78 is 9.00. The van der Waals surface area contributed by atoms with Crippen LogP contribution in [0.1, 0.15) is 34.7 Å². The van der Waals surface area contributed by atoms with Crippen LogP contribution in [0.25, 0.3) is 10.9 Å². The van der Waals surface area contributed by atoms with Gasteiger partial charge in [-0.15, -0.1) is 0 Å². The van der Waals surface area contributed by atoms with E-state index in [-0.39, 0.29) is 17.6 Å². The largest absolute Gasteiger partial charge is 0.497 e. The summed E-state index contributed by atoms with van der Waals surface area (Å²) >= 11 is 0. The van der Waals surface area contributed by atoms with Gasteiger partial charge in [0.25, 0.3) is 5.91 Å². The summed E-state index contributed by atoms with van der Waals surface area (Å²) in [6, 6.07) is 5.76. The first-order valence-electron chi connectivity index (χ1n) is 9.07. The van der Waals surface area contributed by atoms with E-state index in [1.165, 1.54) is 0 Å². The predicted molar refractivity (Wildman–Crippen MR) is 101 cm³/mol. The Morgan fingerprint density at radius 1 is 1.37 bits per heavy atom. The summed E-state index contributed by atoms with van der Waals surface area (Å²) in [6.45, 7) is 2.50. The Bertz CT molecular complexity index is 1080. The second kappa shape index (κ2) is 6.61. The molecule has 0 fully saturated rings. The molecule has 4 rings (SSSR count). The maximum atomic E-state index is 13.1. The number of rotatable bonds is 3. The van der Waals surface area contributed by atoms with Gasteiger partial charge in [0.05, 0.1) is 12.7 Å². The Morgan fingerprint density at radius 3 is 2.96 bits per heavy atom. The molecule has 0 aliphatic carbocycles. The average molecular weight is 369 g/mol. The van der Waals surface area contributed by atoms with Crippen molar-refractivity contribution in [1.82, 2.24) is 24.6 Å². The lowest BCUT2D eigenvalue weighted by atomic mass is 10.1. The van der Waals surface area contributed by atoms with Gasteiger partial charge in [0, 0.05) is 42.7 Å². The zero-order valence-corrected chi connectivity index (χ0v) is 15.7. The molecule has 0 radical (unpaired) electrons. The van der Waals surface area contributed by atoms with Crippen molar-refractivity contribution >= 4 is 16.8 Å². The number of aromatic nitrogens is 4. The molecule has 1 aromatic carbocycles. The smallest absolute Gasteiger partial charge is 0.343 e. The first kappa shape index (κ1) is 17.4. The number of H-pyrrole nitrogens is 1. The normalized spacial score (nSPS) is 16.8. The first-order valence-corrected chi connectivity index (χ1v) is 9.07. The minimum Gasteiger partial charge on any atom is -0.497 e. The lowest BCUT2D eigenvalue weighted by Gasteiger charge is -2.16. The SMILES string of the molecule is COc1ccc2c(c1)c(C(=O)NC1CCc3n[nH]c(=O)n3CC1)c(C)n2C. The van der Waals surface area contributed by atoms with E-state index < -0.39 is 0 Å². The van der Waals surface area contributed by atoms with Crippen LogP contribution >= 0.6 is 0 Å². The number of aromatic amines is 1. The van der Waals surface area contributed by atoms with Crippen molar-refractivity contribution in [2.24, 2.45) is 7.05 Å². The minimum atomic E-state index is -0.186. The number of nitrogens with zero attached hydrogens (tertiary/aromatic N) is 3. The first-order chi connectivity index (χ1) is 13.0. The van der Waals surface area contributed by atoms with Crippen LogP contribution in [0.15, 0.2) is 23.0 Å². The Morgan fingerprint density at radius 2 is 2.19 bits per heavy atom. The van der Waals surface area contributed by atoms with E-state index in [9.17, 15) is 9.59 Å². The zero-order valence-electron chi connectivity index (χ0n) is 15.7. The van der Waals surface area contributed by atoms with E-state index >= 15 is 0 Å². The van der Waals surface area contributed by atoms with Crippen LogP contribution in [0.2, 0.25) is 0 Å². The van der Waals surface area contributed by atoms with Crippen LogP contribution in [0.3, 0.4) is 0 Å². The van der Waals surface area contributed by atoms with Crippen LogP contribution in [-0.4, -0.2) is 38.4 Å². The molecular weight excluding hydrogens is 346 g/mol. The number of carbonyl (C=O) groups excluding carboxylic acids is 1. The molecule has 8 nitrogen and oxygen atoms in total. The highest BCUT2D eigenvalue weighted by Gasteiger charge is 2.24. The van der Waals surface area contributed by atoms with Crippen LogP contribution in [0.5, 0.6) is 5.75 Å². The van der Waals surface area contributed by atoms with Gasteiger partial charge < -0.3 is 14.6 Å². The summed E-state index contributed by atoms with van der Waals surface area (Å²) in [7, 11) is 3.57. The molecule has 0 saturated carbocycles. The van der Waals surface area contributed by atoms with Crippen LogP contribution in [0, 0.1) is 6.92 Å². The van der Waals surface area contributed by atoms with E-state index in [2.05, 4.69) is 15.5 Å². The van der Waals surface area contributed by atoms with Crippen molar-refractivity contribution in [2.45, 2.75) is 38.8 Å². The number of hydrogen-bond donors (Lipinski definition) is 2. The van der Waals surface area contributed by atoms with Crippen molar-refractivity contribution < 1.29 is 9.53 Å². The van der Waals surface area contributed by atoms with Crippen molar-refractivity contribution in [3.05, 3.63) is 45.8 Å². The maximum absolute atomic E-state index is 13.1. The number of aryl methyl sites for hydroxylation is 2. The highest BCUT2D eigenvalue weighted by Crippen LogP contribution is 2.29. The average Bonchev–Trinajstić information content (AvgIpc) is 3.04. The fourth-order valence-corrected chi connectivity index (χ4v) is 3.87. The quantitative estimate of drug-likeness (QED) is 0.732. The van der Waals surface area contributed by atoms with E-state index in [4.69, 9.17) is 4.74 Å². The number of hydrogen-bond acceptors (Lipinski definition) is 4. The Kier molecular flexibility index (Phi) is 4.25. The molecule has 1 unspecified atom stereocenters. The summed E-state index contributed by atoms with van der Waals surface area (Å²) in [6.07, 6.45) is 2.11. The Labute approximate surface area is 156 Å².